The summed E-state index contributed by atoms with van der Waals surface area (Å²) in [4.78, 5) is 15.5. The zero-order valence-corrected chi connectivity index (χ0v) is 9.47. The fourth-order valence-electron chi connectivity index (χ4n) is 1.56. The number of rotatable bonds is 4. The number of fused-ring (bicyclic) bond motifs is 1. The summed E-state index contributed by atoms with van der Waals surface area (Å²) >= 11 is 0. The van der Waals surface area contributed by atoms with E-state index in [1.807, 2.05) is 13.0 Å². The van der Waals surface area contributed by atoms with Gasteiger partial charge < -0.3 is 10.4 Å². The number of carboxylic acid groups (broad SMARTS) is 1. The van der Waals surface area contributed by atoms with E-state index >= 15 is 0 Å². The van der Waals surface area contributed by atoms with E-state index in [4.69, 9.17) is 0 Å². The maximum absolute atomic E-state index is 11.2. The normalized spacial score (nSPS) is 10.4. The van der Waals surface area contributed by atoms with E-state index in [1.54, 1.807) is 22.7 Å². The molecule has 0 unspecified atom stereocenters. The number of imidazole rings is 1. The number of hydrogen-bond acceptors (Lipinski definition) is 3. The van der Waals surface area contributed by atoms with E-state index in [0.717, 1.165) is 5.57 Å². The molecule has 0 bridgehead atoms. The zero-order valence-electron chi connectivity index (χ0n) is 9.47. The SMILES string of the molecule is C=C(C)CNc1nc2ccccn2c1C(=O)O. The Bertz CT molecular complexity index is 586. The first kappa shape index (κ1) is 11.2. The number of hydrogen-bond donors (Lipinski definition) is 2. The summed E-state index contributed by atoms with van der Waals surface area (Å²) in [6.45, 7) is 6.12. The molecular weight excluding hydrogens is 218 g/mol. The molecule has 2 aromatic heterocycles. The van der Waals surface area contributed by atoms with Crippen molar-refractivity contribution >= 4 is 17.4 Å². The van der Waals surface area contributed by atoms with Crippen LogP contribution in [0.5, 0.6) is 0 Å². The molecule has 0 atom stereocenters. The maximum atomic E-state index is 11.2. The van der Waals surface area contributed by atoms with Gasteiger partial charge in [0.25, 0.3) is 0 Å². The van der Waals surface area contributed by atoms with Gasteiger partial charge in [0, 0.05) is 12.7 Å². The van der Waals surface area contributed by atoms with E-state index in [9.17, 15) is 9.90 Å². The first-order chi connectivity index (χ1) is 8.09. The summed E-state index contributed by atoms with van der Waals surface area (Å²) in [5.74, 6) is -0.639. The Kier molecular flexibility index (Phi) is 2.82. The van der Waals surface area contributed by atoms with Gasteiger partial charge in [-0.25, -0.2) is 9.78 Å². The first-order valence-corrected chi connectivity index (χ1v) is 5.18. The minimum Gasteiger partial charge on any atom is -0.476 e. The molecule has 2 aromatic rings. The van der Waals surface area contributed by atoms with Crippen molar-refractivity contribution in [2.75, 3.05) is 11.9 Å². The van der Waals surface area contributed by atoms with E-state index in [-0.39, 0.29) is 5.69 Å². The molecule has 0 spiro atoms. The van der Waals surface area contributed by atoms with Crippen molar-refractivity contribution < 1.29 is 9.90 Å². The molecule has 0 aliphatic heterocycles. The van der Waals surface area contributed by atoms with Crippen LogP contribution in [-0.4, -0.2) is 27.0 Å². The smallest absolute Gasteiger partial charge is 0.356 e. The van der Waals surface area contributed by atoms with Crippen LogP contribution in [0.1, 0.15) is 17.4 Å². The average molecular weight is 231 g/mol. The topological polar surface area (TPSA) is 66.6 Å². The molecule has 2 rings (SSSR count). The van der Waals surface area contributed by atoms with Gasteiger partial charge in [0.05, 0.1) is 0 Å². The van der Waals surface area contributed by atoms with Gasteiger partial charge in [-0.1, -0.05) is 18.2 Å². The number of nitrogens with one attached hydrogen (secondary N) is 1. The highest BCUT2D eigenvalue weighted by molar-refractivity contribution is 5.93. The molecule has 2 N–H and O–H groups in total. The molecule has 0 saturated carbocycles. The van der Waals surface area contributed by atoms with Crippen LogP contribution in [-0.2, 0) is 0 Å². The van der Waals surface area contributed by atoms with Gasteiger partial charge in [-0.3, -0.25) is 4.40 Å². The molecule has 5 heteroatoms. The number of carbonyl (C=O) groups is 1. The number of carboxylic acids is 1. The zero-order chi connectivity index (χ0) is 12.4. The summed E-state index contributed by atoms with van der Waals surface area (Å²) in [7, 11) is 0. The van der Waals surface area contributed by atoms with E-state index < -0.39 is 5.97 Å². The number of anilines is 1. The Morgan fingerprint density at radius 3 is 3.00 bits per heavy atom. The van der Waals surface area contributed by atoms with Crippen LogP contribution in [0, 0.1) is 0 Å². The molecule has 0 radical (unpaired) electrons. The molecular formula is C12H13N3O2. The number of nitrogens with zero attached hydrogens (tertiary/aromatic N) is 2. The Balaban J connectivity index is 2.50. The van der Waals surface area contributed by atoms with Crippen molar-refractivity contribution in [3.05, 3.63) is 42.2 Å². The van der Waals surface area contributed by atoms with Crippen LogP contribution < -0.4 is 5.32 Å². The molecule has 0 aliphatic rings. The van der Waals surface area contributed by atoms with Gasteiger partial charge in [-0.05, 0) is 19.1 Å². The van der Waals surface area contributed by atoms with E-state index in [1.165, 1.54) is 0 Å². The lowest BCUT2D eigenvalue weighted by Gasteiger charge is -2.03. The van der Waals surface area contributed by atoms with Crippen molar-refractivity contribution in [2.45, 2.75) is 6.92 Å². The predicted molar refractivity (Wildman–Crippen MR) is 65.5 cm³/mol. The fourth-order valence-corrected chi connectivity index (χ4v) is 1.56. The Morgan fingerprint density at radius 1 is 1.59 bits per heavy atom. The molecule has 0 aliphatic carbocycles. The second kappa shape index (κ2) is 4.29. The number of aromatic carboxylic acids is 1. The predicted octanol–water partition coefficient (Wildman–Crippen LogP) is 2.02. The average Bonchev–Trinajstić information content (AvgIpc) is 2.64. The Hall–Kier alpha value is -2.30. The maximum Gasteiger partial charge on any atom is 0.356 e. The van der Waals surface area contributed by atoms with Gasteiger partial charge in [-0.15, -0.1) is 0 Å². The van der Waals surface area contributed by atoms with Crippen LogP contribution in [0.2, 0.25) is 0 Å². The summed E-state index contributed by atoms with van der Waals surface area (Å²) in [5.41, 5.74) is 1.66. The molecule has 88 valence electrons. The van der Waals surface area contributed by atoms with Crippen LogP contribution >= 0.6 is 0 Å². The highest BCUT2D eigenvalue weighted by Crippen LogP contribution is 2.17. The molecule has 5 nitrogen and oxygen atoms in total. The van der Waals surface area contributed by atoms with Crippen LogP contribution in [0.3, 0.4) is 0 Å². The van der Waals surface area contributed by atoms with Crippen molar-refractivity contribution in [1.29, 1.82) is 0 Å². The van der Waals surface area contributed by atoms with Crippen molar-refractivity contribution in [3.8, 4) is 0 Å². The minimum absolute atomic E-state index is 0.141. The van der Waals surface area contributed by atoms with Crippen molar-refractivity contribution in [2.24, 2.45) is 0 Å². The van der Waals surface area contributed by atoms with Crippen molar-refractivity contribution in [1.82, 2.24) is 9.38 Å². The summed E-state index contributed by atoms with van der Waals surface area (Å²) < 4.78 is 1.54. The molecule has 17 heavy (non-hydrogen) atoms. The lowest BCUT2D eigenvalue weighted by atomic mass is 10.3. The number of pyridine rings is 1. The lowest BCUT2D eigenvalue weighted by Crippen LogP contribution is -2.09. The second-order valence-electron chi connectivity index (χ2n) is 3.85. The highest BCUT2D eigenvalue weighted by atomic mass is 16.4. The Morgan fingerprint density at radius 2 is 2.35 bits per heavy atom. The van der Waals surface area contributed by atoms with Crippen LogP contribution in [0.4, 0.5) is 5.82 Å². The van der Waals surface area contributed by atoms with Crippen LogP contribution in [0.15, 0.2) is 36.5 Å². The van der Waals surface area contributed by atoms with Gasteiger partial charge >= 0.3 is 5.97 Å². The minimum atomic E-state index is -1.01. The third-order valence-corrected chi connectivity index (χ3v) is 2.29. The standard InChI is InChI=1S/C12H13N3O2/c1-8(2)7-13-11-10(12(16)17)15-6-4-3-5-9(15)14-11/h3-6,13H,1,7H2,2H3,(H,16,17). The Labute approximate surface area is 98.4 Å². The molecule has 2 heterocycles. The molecule has 0 amide bonds. The van der Waals surface area contributed by atoms with Crippen LogP contribution in [0.25, 0.3) is 5.65 Å². The fraction of sp³-hybridized carbons (Fsp3) is 0.167. The molecule has 0 aromatic carbocycles. The summed E-state index contributed by atoms with van der Waals surface area (Å²) in [5, 5.41) is 12.2. The van der Waals surface area contributed by atoms with Crippen molar-refractivity contribution in [3.63, 3.8) is 0 Å². The quantitative estimate of drug-likeness (QED) is 0.790. The monoisotopic (exact) mass is 231 g/mol. The molecule has 0 fully saturated rings. The van der Waals surface area contributed by atoms with E-state index in [0.29, 0.717) is 18.0 Å². The lowest BCUT2D eigenvalue weighted by molar-refractivity contribution is 0.0690. The highest BCUT2D eigenvalue weighted by Gasteiger charge is 2.17. The van der Waals surface area contributed by atoms with E-state index in [2.05, 4.69) is 16.9 Å². The third kappa shape index (κ3) is 2.13. The van der Waals surface area contributed by atoms with Gasteiger partial charge in [0.2, 0.25) is 0 Å². The number of aromatic nitrogens is 2. The van der Waals surface area contributed by atoms with Gasteiger partial charge in [0.1, 0.15) is 5.65 Å². The van der Waals surface area contributed by atoms with Gasteiger partial charge in [0.15, 0.2) is 11.5 Å². The van der Waals surface area contributed by atoms with Gasteiger partial charge in [-0.2, -0.15) is 0 Å². The second-order valence-corrected chi connectivity index (χ2v) is 3.85. The summed E-state index contributed by atoms with van der Waals surface area (Å²) in [6, 6.07) is 5.35. The molecule has 0 saturated heterocycles. The third-order valence-electron chi connectivity index (χ3n) is 2.29. The first-order valence-electron chi connectivity index (χ1n) is 5.18. The largest absolute Gasteiger partial charge is 0.476 e. The summed E-state index contributed by atoms with van der Waals surface area (Å²) in [6.07, 6.45) is 1.68.